The molecule has 0 spiro atoms. The third kappa shape index (κ3) is 10.5. The molecule has 3 heterocycles. The van der Waals surface area contributed by atoms with Gasteiger partial charge in [0.2, 0.25) is 0 Å². The van der Waals surface area contributed by atoms with Gasteiger partial charge in [0.25, 0.3) is 0 Å². The summed E-state index contributed by atoms with van der Waals surface area (Å²) in [6, 6.07) is -0.655. The number of rotatable bonds is 7. The Hall–Kier alpha value is -1.01. The average Bonchev–Trinajstić information content (AvgIpc) is 3.05. The second-order valence-electron chi connectivity index (χ2n) is 17.8. The van der Waals surface area contributed by atoms with Crippen LogP contribution >= 0.6 is 0 Å². The second-order valence-corrected chi connectivity index (χ2v) is 17.8. The first-order valence-corrected chi connectivity index (χ1v) is 19.5. The normalized spacial score (nSPS) is 49.5. The fraction of sp³-hybridized carbons (Fsp3) is 0.974. The minimum atomic E-state index is -2.07. The van der Waals surface area contributed by atoms with E-state index >= 15 is 0 Å². The molecule has 0 aromatic heterocycles. The number of likely N-dealkylation sites (N-methyl/N-ethyl adjacent to an activating group) is 1. The Morgan fingerprint density at radius 1 is 0.906 bits per heavy atom. The van der Waals surface area contributed by atoms with Crippen molar-refractivity contribution >= 4 is 5.97 Å². The van der Waals surface area contributed by atoms with Crippen LogP contribution in [0.2, 0.25) is 0 Å². The molecule has 0 bridgehead atoms. The maximum Gasteiger partial charge on any atom is 0.311 e. The van der Waals surface area contributed by atoms with E-state index < -0.39 is 102 Å². The number of ether oxygens (including phenoxy) is 6. The van der Waals surface area contributed by atoms with Crippen LogP contribution in [0.5, 0.6) is 0 Å². The molecule has 0 aromatic rings. The summed E-state index contributed by atoms with van der Waals surface area (Å²) in [6.07, 6.45) is -10.6. The molecule has 14 heteroatoms. The van der Waals surface area contributed by atoms with Gasteiger partial charge in [-0.3, -0.25) is 4.79 Å². The van der Waals surface area contributed by atoms with E-state index in [-0.39, 0.29) is 36.7 Å². The van der Waals surface area contributed by atoms with E-state index in [9.17, 15) is 35.4 Å². The van der Waals surface area contributed by atoms with Crippen molar-refractivity contribution in [1.29, 1.82) is 0 Å². The van der Waals surface area contributed by atoms with Crippen LogP contribution in [-0.2, 0) is 33.2 Å². The lowest BCUT2D eigenvalue weighted by Crippen LogP contribution is -2.62. The van der Waals surface area contributed by atoms with Crippen LogP contribution in [0, 0.1) is 29.6 Å². The maximum absolute atomic E-state index is 14.2. The molecule has 14 nitrogen and oxygen atoms in total. The molecule has 6 N–H and O–H groups in total. The summed E-state index contributed by atoms with van der Waals surface area (Å²) in [7, 11) is 3.28. The number of hydrogen-bond donors (Lipinski definition) is 6. The smallest absolute Gasteiger partial charge is 0.311 e. The van der Waals surface area contributed by atoms with Gasteiger partial charge >= 0.3 is 5.97 Å². The highest BCUT2D eigenvalue weighted by Crippen LogP contribution is 2.41. The third-order valence-electron chi connectivity index (χ3n) is 12.5. The van der Waals surface area contributed by atoms with Gasteiger partial charge in [-0.25, -0.2) is 0 Å². The van der Waals surface area contributed by atoms with Gasteiger partial charge in [-0.15, -0.1) is 0 Å². The van der Waals surface area contributed by atoms with Crippen molar-refractivity contribution < 1.29 is 63.9 Å². The van der Waals surface area contributed by atoms with Crippen molar-refractivity contribution in [3.05, 3.63) is 0 Å². The number of methoxy groups -OCH3 is 1. The summed E-state index contributed by atoms with van der Waals surface area (Å²) >= 11 is 0. The van der Waals surface area contributed by atoms with Gasteiger partial charge < -0.3 is 64.0 Å². The minimum absolute atomic E-state index is 0.0956. The predicted octanol–water partition coefficient (Wildman–Crippen LogP) is 2.21. The van der Waals surface area contributed by atoms with Gasteiger partial charge in [0.05, 0.1) is 47.6 Å². The van der Waals surface area contributed by atoms with Crippen molar-refractivity contribution in [2.75, 3.05) is 20.7 Å². The van der Waals surface area contributed by atoms with Gasteiger partial charge in [-0.05, 0) is 93.0 Å². The van der Waals surface area contributed by atoms with E-state index in [4.69, 9.17) is 28.4 Å². The van der Waals surface area contributed by atoms with E-state index in [1.165, 1.54) is 21.0 Å². The highest BCUT2D eigenvalue weighted by atomic mass is 16.7. The van der Waals surface area contributed by atoms with E-state index in [1.807, 2.05) is 32.6 Å². The number of cyclic esters (lactones) is 1. The molecule has 0 saturated carbocycles. The van der Waals surface area contributed by atoms with Crippen LogP contribution in [0.15, 0.2) is 0 Å². The zero-order valence-corrected chi connectivity index (χ0v) is 34.6. The van der Waals surface area contributed by atoms with Crippen molar-refractivity contribution in [2.24, 2.45) is 29.6 Å². The van der Waals surface area contributed by atoms with Crippen LogP contribution < -0.4 is 0 Å². The predicted molar refractivity (Wildman–Crippen MR) is 196 cm³/mol. The SMILES string of the molecule is COC1(C)CC(OC2C(C)C(=O)OC(C(C)O)C(C)(O)C(O)C(C)N(C)CC(C)CC(C)(O)C(OC3OC(C)CC(C(C)C)C3O)C2C)OC(C)C1O. The van der Waals surface area contributed by atoms with Crippen LogP contribution in [0.3, 0.4) is 0 Å². The Kier molecular flexibility index (Phi) is 15.8. The lowest BCUT2D eigenvalue weighted by Gasteiger charge is -2.48. The molecule has 312 valence electrons. The Balaban J connectivity index is 2.20. The largest absolute Gasteiger partial charge is 0.456 e. The first-order valence-electron chi connectivity index (χ1n) is 19.5. The molecule has 3 aliphatic heterocycles. The van der Waals surface area contributed by atoms with E-state index in [0.29, 0.717) is 13.0 Å². The number of carbonyl (C=O) groups is 1. The minimum Gasteiger partial charge on any atom is -0.456 e. The van der Waals surface area contributed by atoms with Crippen LogP contribution in [-0.4, -0.2) is 153 Å². The average molecular weight is 764 g/mol. The standard InChI is InChI=1S/C39H73NO13/c1-19(2)27-15-21(4)49-36(29(27)42)53-33-22(5)30(51-28-17-38(11,48-14)32(44)26(9)50-28)23(6)35(45)52-34(25(8)41)39(12,47)31(43)24(7)40(13)18-20(3)16-37(33,10)46/h19-34,36,41-44,46-47H,15-18H2,1-14H3. The van der Waals surface area contributed by atoms with Crippen LogP contribution in [0.25, 0.3) is 0 Å². The monoisotopic (exact) mass is 764 g/mol. The molecule has 19 atom stereocenters. The lowest BCUT2D eigenvalue weighted by atomic mass is 9.77. The highest BCUT2D eigenvalue weighted by molar-refractivity contribution is 5.73. The van der Waals surface area contributed by atoms with Crippen LogP contribution in [0.4, 0.5) is 0 Å². The Morgan fingerprint density at radius 3 is 2.06 bits per heavy atom. The molecule has 19 unspecified atom stereocenters. The van der Waals surface area contributed by atoms with Crippen molar-refractivity contribution in [1.82, 2.24) is 4.90 Å². The summed E-state index contributed by atoms with van der Waals surface area (Å²) in [5.74, 6) is -2.96. The lowest BCUT2D eigenvalue weighted by molar-refractivity contribution is -0.319. The molecule has 0 aromatic carbocycles. The molecular formula is C39H73NO13. The molecule has 0 radical (unpaired) electrons. The van der Waals surface area contributed by atoms with Gasteiger partial charge in [0.1, 0.15) is 23.9 Å². The molecule has 3 fully saturated rings. The maximum atomic E-state index is 14.2. The number of hydrogen-bond acceptors (Lipinski definition) is 14. The number of carbonyl (C=O) groups excluding carboxylic acids is 1. The van der Waals surface area contributed by atoms with Gasteiger partial charge in [0, 0.05) is 32.0 Å². The van der Waals surface area contributed by atoms with Gasteiger partial charge in [0.15, 0.2) is 18.7 Å². The van der Waals surface area contributed by atoms with Crippen molar-refractivity contribution in [2.45, 2.75) is 193 Å². The molecule has 53 heavy (non-hydrogen) atoms. The fourth-order valence-electron chi connectivity index (χ4n) is 9.00. The van der Waals surface area contributed by atoms with Crippen molar-refractivity contribution in [3.8, 4) is 0 Å². The topological polar surface area (TPSA) is 197 Å². The summed E-state index contributed by atoms with van der Waals surface area (Å²) in [5, 5.41) is 69.1. The van der Waals surface area contributed by atoms with E-state index in [1.54, 1.807) is 48.6 Å². The number of aliphatic hydroxyl groups is 6. The molecule has 0 aliphatic carbocycles. The summed E-state index contributed by atoms with van der Waals surface area (Å²) in [4.78, 5) is 16.1. The molecular weight excluding hydrogens is 690 g/mol. The Morgan fingerprint density at radius 2 is 1.51 bits per heavy atom. The summed E-state index contributed by atoms with van der Waals surface area (Å²) in [5.41, 5.74) is -4.71. The Bertz CT molecular complexity index is 1170. The molecule has 3 rings (SSSR count). The van der Waals surface area contributed by atoms with E-state index in [2.05, 4.69) is 0 Å². The number of aliphatic hydroxyl groups excluding tert-OH is 4. The third-order valence-corrected chi connectivity index (χ3v) is 12.5. The zero-order valence-electron chi connectivity index (χ0n) is 34.6. The van der Waals surface area contributed by atoms with Gasteiger partial charge in [-0.2, -0.15) is 0 Å². The first-order chi connectivity index (χ1) is 24.3. The van der Waals surface area contributed by atoms with E-state index in [0.717, 1.165) is 0 Å². The summed E-state index contributed by atoms with van der Waals surface area (Å²) < 4.78 is 37.4. The molecule has 0 amide bonds. The quantitative estimate of drug-likeness (QED) is 0.207. The Labute approximate surface area is 317 Å². The highest BCUT2D eigenvalue weighted by Gasteiger charge is 2.53. The van der Waals surface area contributed by atoms with Crippen LogP contribution in [0.1, 0.15) is 102 Å². The molecule has 3 saturated heterocycles. The summed E-state index contributed by atoms with van der Waals surface area (Å²) in [6.45, 7) is 21.2. The zero-order chi connectivity index (χ0) is 40.5. The number of esters is 1. The van der Waals surface area contributed by atoms with Gasteiger partial charge in [-0.1, -0.05) is 27.7 Å². The van der Waals surface area contributed by atoms with Crippen molar-refractivity contribution in [3.63, 3.8) is 0 Å². The second kappa shape index (κ2) is 18.1. The fourth-order valence-corrected chi connectivity index (χ4v) is 9.00. The number of nitrogens with zero attached hydrogens (tertiary/aromatic N) is 1. The molecule has 3 aliphatic rings. The first kappa shape index (κ1) is 46.4.